The van der Waals surface area contributed by atoms with Gasteiger partial charge in [-0.25, -0.2) is 14.2 Å². The van der Waals surface area contributed by atoms with E-state index < -0.39 is 11.9 Å². The molecule has 2 aromatic heterocycles. The molecule has 1 N–H and O–H groups in total. The fourth-order valence-electron chi connectivity index (χ4n) is 3.58. The maximum Gasteiger partial charge on any atom is 0.338 e. The Kier molecular flexibility index (Phi) is 6.56. The van der Waals surface area contributed by atoms with Crippen molar-refractivity contribution in [2.24, 2.45) is 0 Å². The van der Waals surface area contributed by atoms with Crippen molar-refractivity contribution in [3.8, 4) is 11.1 Å². The first-order valence-corrected chi connectivity index (χ1v) is 11.4. The van der Waals surface area contributed by atoms with Gasteiger partial charge < -0.3 is 10.1 Å². The summed E-state index contributed by atoms with van der Waals surface area (Å²) in [5.74, 6) is -1.30. The van der Waals surface area contributed by atoms with Gasteiger partial charge in [0.2, 0.25) is 5.91 Å². The van der Waals surface area contributed by atoms with Crippen LogP contribution in [0.25, 0.3) is 21.3 Å². The molecule has 7 nitrogen and oxygen atoms in total. The van der Waals surface area contributed by atoms with Crippen LogP contribution in [-0.2, 0) is 16.1 Å². The summed E-state index contributed by atoms with van der Waals surface area (Å²) in [5, 5.41) is 3.09. The Morgan fingerprint density at radius 3 is 2.62 bits per heavy atom. The summed E-state index contributed by atoms with van der Waals surface area (Å²) in [7, 11) is 0. The number of aryl methyl sites for hydroxylation is 1. The molecule has 0 aliphatic rings. The number of carbonyl (C=O) groups excluding carboxylic acids is 2. The normalized spacial score (nSPS) is 11.1. The minimum atomic E-state index is -0.488. The number of thiophene rings is 1. The van der Waals surface area contributed by atoms with Crippen LogP contribution in [0.4, 0.5) is 10.1 Å². The molecular weight excluding hydrogens is 457 g/mol. The zero-order valence-electron chi connectivity index (χ0n) is 18.8. The number of aromatic nitrogens is 2. The third-order valence-electron chi connectivity index (χ3n) is 5.03. The molecular formula is C25H22FN3O4S. The summed E-state index contributed by atoms with van der Waals surface area (Å²) in [6.07, 6.45) is 1.07. The molecule has 0 radical (unpaired) electrons. The van der Waals surface area contributed by atoms with Gasteiger partial charge in [-0.1, -0.05) is 18.2 Å². The average molecular weight is 480 g/mol. The van der Waals surface area contributed by atoms with E-state index in [1.165, 1.54) is 40.4 Å². The predicted molar refractivity (Wildman–Crippen MR) is 130 cm³/mol. The number of carbonyl (C=O) groups is 2. The Bertz CT molecular complexity index is 1440. The molecule has 4 rings (SSSR count). The first-order valence-electron chi connectivity index (χ1n) is 10.6. The molecule has 0 aliphatic heterocycles. The lowest BCUT2D eigenvalue weighted by molar-refractivity contribution is -0.116. The maximum absolute atomic E-state index is 13.4. The van der Waals surface area contributed by atoms with Crippen molar-refractivity contribution in [1.82, 2.24) is 9.55 Å². The molecule has 1 amide bonds. The van der Waals surface area contributed by atoms with E-state index in [-0.39, 0.29) is 24.0 Å². The summed E-state index contributed by atoms with van der Waals surface area (Å²) in [5.41, 5.74) is 1.74. The average Bonchev–Trinajstić information content (AvgIpc) is 3.12. The van der Waals surface area contributed by atoms with E-state index in [0.29, 0.717) is 32.6 Å². The Morgan fingerprint density at radius 1 is 1.18 bits per heavy atom. The monoisotopic (exact) mass is 479 g/mol. The van der Waals surface area contributed by atoms with Gasteiger partial charge in [0.1, 0.15) is 17.2 Å². The molecule has 0 atom stereocenters. The van der Waals surface area contributed by atoms with E-state index in [2.05, 4.69) is 10.3 Å². The van der Waals surface area contributed by atoms with E-state index in [9.17, 15) is 18.8 Å². The van der Waals surface area contributed by atoms with E-state index in [1.807, 2.05) is 6.92 Å². The van der Waals surface area contributed by atoms with E-state index in [0.717, 1.165) is 4.88 Å². The SMILES string of the molecule is Cc1sc2ncn(CC(=O)Nc3cccc(C(=O)OC(C)C)c3)c(=O)c2c1-c1ccc(F)cc1. The number of rotatable bonds is 6. The van der Waals surface area contributed by atoms with Gasteiger partial charge in [0.25, 0.3) is 5.56 Å². The van der Waals surface area contributed by atoms with Gasteiger partial charge in [-0.2, -0.15) is 0 Å². The minimum Gasteiger partial charge on any atom is -0.459 e. The van der Waals surface area contributed by atoms with E-state index in [4.69, 9.17) is 4.74 Å². The van der Waals surface area contributed by atoms with Crippen molar-refractivity contribution >= 4 is 39.1 Å². The van der Waals surface area contributed by atoms with Crippen molar-refractivity contribution in [2.45, 2.75) is 33.4 Å². The fourth-order valence-corrected chi connectivity index (χ4v) is 4.58. The highest BCUT2D eigenvalue weighted by molar-refractivity contribution is 7.19. The number of nitrogens with zero attached hydrogens (tertiary/aromatic N) is 2. The van der Waals surface area contributed by atoms with Gasteiger partial charge in [-0.3, -0.25) is 14.2 Å². The topological polar surface area (TPSA) is 90.3 Å². The van der Waals surface area contributed by atoms with Crippen LogP contribution in [0.2, 0.25) is 0 Å². The van der Waals surface area contributed by atoms with Gasteiger partial charge in [-0.15, -0.1) is 11.3 Å². The maximum atomic E-state index is 13.4. The Labute approximate surface area is 198 Å². The highest BCUT2D eigenvalue weighted by Crippen LogP contribution is 2.35. The Balaban J connectivity index is 1.59. The van der Waals surface area contributed by atoms with E-state index >= 15 is 0 Å². The molecule has 0 aliphatic carbocycles. The minimum absolute atomic E-state index is 0.263. The number of nitrogens with one attached hydrogen (secondary N) is 1. The van der Waals surface area contributed by atoms with Crippen LogP contribution in [0.15, 0.2) is 59.7 Å². The lowest BCUT2D eigenvalue weighted by atomic mass is 10.0. The summed E-state index contributed by atoms with van der Waals surface area (Å²) in [6.45, 7) is 5.12. The lowest BCUT2D eigenvalue weighted by Crippen LogP contribution is -2.27. The van der Waals surface area contributed by atoms with Gasteiger partial charge >= 0.3 is 5.97 Å². The summed E-state index contributed by atoms with van der Waals surface area (Å²) >= 11 is 1.37. The molecule has 34 heavy (non-hydrogen) atoms. The smallest absolute Gasteiger partial charge is 0.338 e. The van der Waals surface area contributed by atoms with Gasteiger partial charge in [0.05, 0.1) is 23.4 Å². The van der Waals surface area contributed by atoms with Crippen LogP contribution in [0, 0.1) is 12.7 Å². The number of anilines is 1. The number of hydrogen-bond acceptors (Lipinski definition) is 6. The van der Waals surface area contributed by atoms with Crippen LogP contribution in [0.3, 0.4) is 0 Å². The second kappa shape index (κ2) is 9.56. The quantitative estimate of drug-likeness (QED) is 0.402. The third-order valence-corrected chi connectivity index (χ3v) is 6.04. The summed E-state index contributed by atoms with van der Waals surface area (Å²) in [6, 6.07) is 12.3. The lowest BCUT2D eigenvalue weighted by Gasteiger charge is -2.10. The van der Waals surface area contributed by atoms with E-state index in [1.54, 1.807) is 44.2 Å². The van der Waals surface area contributed by atoms with Crippen molar-refractivity contribution in [3.63, 3.8) is 0 Å². The van der Waals surface area contributed by atoms with Crippen molar-refractivity contribution in [3.05, 3.63) is 81.5 Å². The van der Waals surface area contributed by atoms with Gasteiger partial charge in [0, 0.05) is 16.1 Å². The van der Waals surface area contributed by atoms with Crippen molar-refractivity contribution in [2.75, 3.05) is 5.32 Å². The third kappa shape index (κ3) is 4.89. The molecule has 0 saturated heterocycles. The predicted octanol–water partition coefficient (Wildman–Crippen LogP) is 4.78. The number of amides is 1. The molecule has 0 fully saturated rings. The zero-order valence-corrected chi connectivity index (χ0v) is 19.6. The number of ether oxygens (including phenoxy) is 1. The Morgan fingerprint density at radius 2 is 1.91 bits per heavy atom. The van der Waals surface area contributed by atoms with Crippen LogP contribution >= 0.6 is 11.3 Å². The number of benzene rings is 2. The highest BCUT2D eigenvalue weighted by Gasteiger charge is 2.18. The number of halogens is 1. The van der Waals surface area contributed by atoms with Crippen LogP contribution in [-0.4, -0.2) is 27.5 Å². The Hall–Kier alpha value is -3.85. The second-order valence-electron chi connectivity index (χ2n) is 7.98. The highest BCUT2D eigenvalue weighted by atomic mass is 32.1. The second-order valence-corrected chi connectivity index (χ2v) is 9.18. The molecule has 4 aromatic rings. The summed E-state index contributed by atoms with van der Waals surface area (Å²) in [4.78, 5) is 43.8. The van der Waals surface area contributed by atoms with Crippen molar-refractivity contribution < 1.29 is 18.7 Å². The molecule has 2 heterocycles. The number of esters is 1. The van der Waals surface area contributed by atoms with Gasteiger partial charge in [-0.05, 0) is 56.7 Å². The number of fused-ring (bicyclic) bond motifs is 1. The molecule has 0 unspecified atom stereocenters. The first kappa shape index (κ1) is 23.3. The standard InChI is InChI=1S/C25H22FN3O4S/c1-14(2)33-25(32)17-5-4-6-19(11-17)28-20(30)12-29-13-27-23-22(24(29)31)21(15(3)34-23)16-7-9-18(26)10-8-16/h4-11,13-14H,12H2,1-3H3,(H,28,30). The molecule has 0 spiro atoms. The molecule has 2 aromatic carbocycles. The molecule has 9 heteroatoms. The zero-order chi connectivity index (χ0) is 24.4. The first-order chi connectivity index (χ1) is 16.2. The number of hydrogen-bond donors (Lipinski definition) is 1. The molecule has 0 saturated carbocycles. The fraction of sp³-hybridized carbons (Fsp3) is 0.200. The molecule has 0 bridgehead atoms. The largest absolute Gasteiger partial charge is 0.459 e. The summed E-state index contributed by atoms with van der Waals surface area (Å²) < 4.78 is 19.8. The van der Waals surface area contributed by atoms with Crippen molar-refractivity contribution in [1.29, 1.82) is 0 Å². The molecule has 174 valence electrons. The van der Waals surface area contributed by atoms with Crippen LogP contribution in [0.5, 0.6) is 0 Å². The van der Waals surface area contributed by atoms with Crippen LogP contribution in [0.1, 0.15) is 29.1 Å². The van der Waals surface area contributed by atoms with Gasteiger partial charge in [0.15, 0.2) is 0 Å². The van der Waals surface area contributed by atoms with Crippen LogP contribution < -0.4 is 10.9 Å².